The van der Waals surface area contributed by atoms with Crippen molar-refractivity contribution < 1.29 is 19.4 Å². The van der Waals surface area contributed by atoms with E-state index in [0.717, 1.165) is 19.4 Å². The molecule has 1 heterocycles. The quantitative estimate of drug-likeness (QED) is 0.655. The Labute approximate surface area is 113 Å². The summed E-state index contributed by atoms with van der Waals surface area (Å²) in [6, 6.07) is -0.254. The van der Waals surface area contributed by atoms with Gasteiger partial charge in [0.2, 0.25) is 0 Å². The molecule has 110 valence electrons. The number of carboxylic acid groups (broad SMARTS) is 1. The van der Waals surface area contributed by atoms with Gasteiger partial charge in [-0.2, -0.15) is 0 Å². The van der Waals surface area contributed by atoms with Gasteiger partial charge in [-0.15, -0.1) is 0 Å². The van der Waals surface area contributed by atoms with E-state index in [9.17, 15) is 9.59 Å². The predicted octanol–water partition coefficient (Wildman–Crippen LogP) is 1.50. The third kappa shape index (κ3) is 6.42. The van der Waals surface area contributed by atoms with Crippen molar-refractivity contribution in [3.63, 3.8) is 0 Å². The highest BCUT2D eigenvalue weighted by Gasteiger charge is 2.23. The van der Waals surface area contributed by atoms with Gasteiger partial charge in [-0.05, 0) is 39.5 Å². The van der Waals surface area contributed by atoms with Crippen molar-refractivity contribution in [1.29, 1.82) is 0 Å². The Kier molecular flexibility index (Phi) is 6.62. The summed E-state index contributed by atoms with van der Waals surface area (Å²) in [6.45, 7) is 4.58. The Morgan fingerprint density at radius 3 is 2.68 bits per heavy atom. The van der Waals surface area contributed by atoms with Crippen molar-refractivity contribution in [2.75, 3.05) is 6.61 Å². The zero-order chi connectivity index (χ0) is 14.3. The molecular formula is C13H24N2O4. The lowest BCUT2D eigenvalue weighted by Crippen LogP contribution is -2.48. The van der Waals surface area contributed by atoms with E-state index in [-0.39, 0.29) is 30.6 Å². The number of carboxylic acids is 1. The van der Waals surface area contributed by atoms with Crippen LogP contribution in [0.25, 0.3) is 0 Å². The van der Waals surface area contributed by atoms with Crippen molar-refractivity contribution >= 4 is 12.0 Å². The Morgan fingerprint density at radius 2 is 2.11 bits per heavy atom. The van der Waals surface area contributed by atoms with Crippen molar-refractivity contribution in [2.45, 2.75) is 64.1 Å². The number of urea groups is 1. The molecular weight excluding hydrogens is 248 g/mol. The van der Waals surface area contributed by atoms with E-state index in [2.05, 4.69) is 10.6 Å². The van der Waals surface area contributed by atoms with Crippen LogP contribution in [0.2, 0.25) is 0 Å². The zero-order valence-electron chi connectivity index (χ0n) is 11.6. The SMILES string of the molecule is CC(CCCC(=O)O)NC(=O)NC(C)C1CCCO1. The molecule has 0 spiro atoms. The van der Waals surface area contributed by atoms with E-state index in [1.807, 2.05) is 13.8 Å². The van der Waals surface area contributed by atoms with E-state index in [4.69, 9.17) is 9.84 Å². The maximum Gasteiger partial charge on any atom is 0.315 e. The molecule has 0 saturated carbocycles. The van der Waals surface area contributed by atoms with Crippen LogP contribution in [0.5, 0.6) is 0 Å². The van der Waals surface area contributed by atoms with E-state index < -0.39 is 5.97 Å². The van der Waals surface area contributed by atoms with Crippen molar-refractivity contribution in [3.8, 4) is 0 Å². The smallest absolute Gasteiger partial charge is 0.315 e. The minimum Gasteiger partial charge on any atom is -0.481 e. The number of rotatable bonds is 7. The summed E-state index contributed by atoms with van der Waals surface area (Å²) < 4.78 is 5.50. The number of hydrogen-bond donors (Lipinski definition) is 3. The molecule has 0 aromatic carbocycles. The fraction of sp³-hybridized carbons (Fsp3) is 0.846. The molecule has 2 amide bonds. The van der Waals surface area contributed by atoms with Crippen LogP contribution in [0.1, 0.15) is 46.0 Å². The maximum absolute atomic E-state index is 11.7. The van der Waals surface area contributed by atoms with E-state index in [1.54, 1.807) is 0 Å². The van der Waals surface area contributed by atoms with Crippen LogP contribution in [0.3, 0.4) is 0 Å². The van der Waals surface area contributed by atoms with Crippen molar-refractivity contribution in [3.05, 3.63) is 0 Å². The highest BCUT2D eigenvalue weighted by Crippen LogP contribution is 2.15. The van der Waals surface area contributed by atoms with Gasteiger partial charge in [0.25, 0.3) is 0 Å². The predicted molar refractivity (Wildman–Crippen MR) is 71.1 cm³/mol. The highest BCUT2D eigenvalue weighted by molar-refractivity contribution is 5.74. The van der Waals surface area contributed by atoms with E-state index >= 15 is 0 Å². The number of carbonyl (C=O) groups excluding carboxylic acids is 1. The summed E-state index contributed by atoms with van der Waals surface area (Å²) in [6.07, 6.45) is 3.50. The second kappa shape index (κ2) is 7.99. The van der Waals surface area contributed by atoms with Gasteiger partial charge in [-0.3, -0.25) is 4.79 Å². The number of carbonyl (C=O) groups is 2. The van der Waals surface area contributed by atoms with Gasteiger partial charge in [0.05, 0.1) is 12.1 Å². The van der Waals surface area contributed by atoms with E-state index in [1.165, 1.54) is 0 Å². The molecule has 0 bridgehead atoms. The minimum absolute atomic E-state index is 0.00582. The van der Waals surface area contributed by atoms with Crippen LogP contribution in [0, 0.1) is 0 Å². The molecule has 19 heavy (non-hydrogen) atoms. The molecule has 1 aliphatic rings. The average molecular weight is 272 g/mol. The lowest BCUT2D eigenvalue weighted by atomic mass is 10.1. The lowest BCUT2D eigenvalue weighted by Gasteiger charge is -2.22. The molecule has 6 nitrogen and oxygen atoms in total. The summed E-state index contributed by atoms with van der Waals surface area (Å²) in [7, 11) is 0. The topological polar surface area (TPSA) is 87.7 Å². The van der Waals surface area contributed by atoms with Gasteiger partial charge in [0.15, 0.2) is 0 Å². The number of ether oxygens (including phenoxy) is 1. The van der Waals surface area contributed by atoms with Gasteiger partial charge < -0.3 is 20.5 Å². The van der Waals surface area contributed by atoms with Gasteiger partial charge in [-0.1, -0.05) is 0 Å². The van der Waals surface area contributed by atoms with Gasteiger partial charge >= 0.3 is 12.0 Å². The van der Waals surface area contributed by atoms with Crippen LogP contribution in [0.4, 0.5) is 4.79 Å². The number of aliphatic carboxylic acids is 1. The number of amides is 2. The molecule has 1 saturated heterocycles. The standard InChI is InChI=1S/C13H24N2O4/c1-9(5-3-7-12(16)17)14-13(18)15-10(2)11-6-4-8-19-11/h9-11H,3-8H2,1-2H3,(H,16,17)(H2,14,15,18). The Morgan fingerprint density at radius 1 is 1.37 bits per heavy atom. The minimum atomic E-state index is -0.802. The summed E-state index contributed by atoms with van der Waals surface area (Å²) in [5.41, 5.74) is 0. The van der Waals surface area contributed by atoms with Crippen LogP contribution in [-0.4, -0.2) is 41.9 Å². The van der Waals surface area contributed by atoms with Gasteiger partial charge in [-0.25, -0.2) is 4.79 Å². The largest absolute Gasteiger partial charge is 0.481 e. The molecule has 3 N–H and O–H groups in total. The van der Waals surface area contributed by atoms with Crippen LogP contribution < -0.4 is 10.6 Å². The molecule has 0 radical (unpaired) electrons. The Bertz CT molecular complexity index is 303. The number of nitrogens with one attached hydrogen (secondary N) is 2. The first-order chi connectivity index (χ1) is 8.99. The zero-order valence-corrected chi connectivity index (χ0v) is 11.6. The maximum atomic E-state index is 11.7. The summed E-state index contributed by atoms with van der Waals surface area (Å²) in [5.74, 6) is -0.802. The molecule has 0 aromatic heterocycles. The number of hydrogen-bond acceptors (Lipinski definition) is 3. The van der Waals surface area contributed by atoms with E-state index in [0.29, 0.717) is 12.8 Å². The third-order valence-electron chi connectivity index (χ3n) is 3.29. The molecule has 1 rings (SSSR count). The van der Waals surface area contributed by atoms with Crippen LogP contribution in [0.15, 0.2) is 0 Å². The van der Waals surface area contributed by atoms with Crippen LogP contribution >= 0.6 is 0 Å². The summed E-state index contributed by atoms with van der Waals surface area (Å²) in [4.78, 5) is 22.1. The summed E-state index contributed by atoms with van der Waals surface area (Å²) in [5, 5.41) is 14.2. The molecule has 6 heteroatoms. The Hall–Kier alpha value is -1.30. The molecule has 1 aliphatic heterocycles. The average Bonchev–Trinajstić information content (AvgIpc) is 2.81. The highest BCUT2D eigenvalue weighted by atomic mass is 16.5. The second-order valence-corrected chi connectivity index (χ2v) is 5.14. The van der Waals surface area contributed by atoms with Gasteiger partial charge in [0, 0.05) is 19.1 Å². The molecule has 1 fully saturated rings. The fourth-order valence-electron chi connectivity index (χ4n) is 2.19. The summed E-state index contributed by atoms with van der Waals surface area (Å²) >= 11 is 0. The second-order valence-electron chi connectivity index (χ2n) is 5.14. The van der Waals surface area contributed by atoms with Crippen molar-refractivity contribution in [2.24, 2.45) is 0 Å². The first kappa shape index (κ1) is 15.8. The van der Waals surface area contributed by atoms with Crippen molar-refractivity contribution in [1.82, 2.24) is 10.6 Å². The lowest BCUT2D eigenvalue weighted by molar-refractivity contribution is -0.137. The first-order valence-electron chi connectivity index (χ1n) is 6.89. The Balaban J connectivity index is 2.16. The first-order valence-corrected chi connectivity index (χ1v) is 6.89. The molecule has 0 aliphatic carbocycles. The van der Waals surface area contributed by atoms with Crippen LogP contribution in [-0.2, 0) is 9.53 Å². The normalized spacial score (nSPS) is 21.7. The monoisotopic (exact) mass is 272 g/mol. The molecule has 0 aromatic rings. The molecule has 3 unspecified atom stereocenters. The third-order valence-corrected chi connectivity index (χ3v) is 3.29. The molecule has 3 atom stereocenters. The fourth-order valence-corrected chi connectivity index (χ4v) is 2.19. The van der Waals surface area contributed by atoms with Gasteiger partial charge in [0.1, 0.15) is 0 Å².